The van der Waals surface area contributed by atoms with Gasteiger partial charge in [0.1, 0.15) is 5.39 Å². The van der Waals surface area contributed by atoms with Gasteiger partial charge in [0.05, 0.1) is 23.5 Å². The molecule has 1 aliphatic carbocycles. The van der Waals surface area contributed by atoms with E-state index in [0.717, 1.165) is 42.5 Å². The van der Waals surface area contributed by atoms with Crippen molar-refractivity contribution < 1.29 is 4.52 Å². The van der Waals surface area contributed by atoms with E-state index in [1.807, 2.05) is 35.0 Å². The zero-order valence-electron chi connectivity index (χ0n) is 16.1. The highest BCUT2D eigenvalue weighted by atomic mass is 16.5. The summed E-state index contributed by atoms with van der Waals surface area (Å²) < 4.78 is 6.93. The zero-order chi connectivity index (χ0) is 20.5. The summed E-state index contributed by atoms with van der Waals surface area (Å²) in [6.07, 6.45) is 6.80. The first-order valence-corrected chi connectivity index (χ1v) is 9.88. The lowest BCUT2D eigenvalue weighted by Gasteiger charge is -2.27. The largest absolute Gasteiger partial charge is 0.338 e. The Kier molecular flexibility index (Phi) is 4.52. The summed E-state index contributed by atoms with van der Waals surface area (Å²) >= 11 is 0. The van der Waals surface area contributed by atoms with Crippen molar-refractivity contribution >= 4 is 22.4 Å². The van der Waals surface area contributed by atoms with Gasteiger partial charge in [0, 0.05) is 17.4 Å². The third-order valence-electron chi connectivity index (χ3n) is 5.60. The number of hydrogen-bond donors (Lipinski definition) is 2. The van der Waals surface area contributed by atoms with E-state index in [1.165, 1.54) is 6.33 Å². The smallest absolute Gasteiger partial charge is 0.261 e. The van der Waals surface area contributed by atoms with Gasteiger partial charge in [0.15, 0.2) is 12.1 Å². The SMILES string of the molecule is N#C[C@H]1CCCC[C@@H]1n1nc(Nc2ccc(-c3ncno3)cc2)c2c(=O)[nH]ccc21. The predicted molar refractivity (Wildman–Crippen MR) is 110 cm³/mol. The van der Waals surface area contributed by atoms with Crippen molar-refractivity contribution in [3.05, 3.63) is 53.2 Å². The maximum atomic E-state index is 12.6. The average molecular weight is 401 g/mol. The van der Waals surface area contributed by atoms with Crippen molar-refractivity contribution in [1.29, 1.82) is 5.26 Å². The van der Waals surface area contributed by atoms with E-state index in [1.54, 1.807) is 6.20 Å². The molecule has 5 rings (SSSR count). The summed E-state index contributed by atoms with van der Waals surface area (Å²) in [7, 11) is 0. The molecule has 9 heteroatoms. The number of nitrogens with one attached hydrogen (secondary N) is 2. The van der Waals surface area contributed by atoms with E-state index in [4.69, 9.17) is 9.62 Å². The molecular weight excluding hydrogens is 382 g/mol. The van der Waals surface area contributed by atoms with E-state index in [9.17, 15) is 10.1 Å². The van der Waals surface area contributed by atoms with E-state index in [2.05, 4.69) is 26.5 Å². The van der Waals surface area contributed by atoms with Gasteiger partial charge in [-0.15, -0.1) is 0 Å². The first kappa shape index (κ1) is 18.1. The van der Waals surface area contributed by atoms with Crippen molar-refractivity contribution in [3.63, 3.8) is 0 Å². The number of fused-ring (bicyclic) bond motifs is 1. The molecule has 2 N–H and O–H groups in total. The number of anilines is 2. The molecule has 2 atom stereocenters. The summed E-state index contributed by atoms with van der Waals surface area (Å²) in [6.45, 7) is 0. The van der Waals surface area contributed by atoms with E-state index >= 15 is 0 Å². The number of pyridine rings is 1. The summed E-state index contributed by atoms with van der Waals surface area (Å²) in [5.74, 6) is 0.801. The van der Waals surface area contributed by atoms with Crippen LogP contribution in [-0.2, 0) is 0 Å². The molecule has 150 valence electrons. The van der Waals surface area contributed by atoms with Crippen LogP contribution in [0.15, 0.2) is 52.2 Å². The van der Waals surface area contributed by atoms with Crippen LogP contribution in [0.2, 0.25) is 0 Å². The Morgan fingerprint density at radius 2 is 2.03 bits per heavy atom. The van der Waals surface area contributed by atoms with E-state index in [0.29, 0.717) is 17.1 Å². The van der Waals surface area contributed by atoms with Gasteiger partial charge in [-0.1, -0.05) is 18.0 Å². The van der Waals surface area contributed by atoms with Gasteiger partial charge in [-0.2, -0.15) is 15.3 Å². The molecule has 4 aromatic rings. The van der Waals surface area contributed by atoms with Crippen LogP contribution in [0.5, 0.6) is 0 Å². The molecule has 1 aliphatic rings. The lowest BCUT2D eigenvalue weighted by molar-refractivity contribution is 0.277. The van der Waals surface area contributed by atoms with Crippen LogP contribution in [0.3, 0.4) is 0 Å². The molecule has 1 fully saturated rings. The number of benzene rings is 1. The molecule has 30 heavy (non-hydrogen) atoms. The molecule has 1 aromatic carbocycles. The quantitative estimate of drug-likeness (QED) is 0.533. The van der Waals surface area contributed by atoms with Crippen molar-refractivity contribution in [2.24, 2.45) is 5.92 Å². The van der Waals surface area contributed by atoms with Crippen LogP contribution in [0.1, 0.15) is 31.7 Å². The maximum absolute atomic E-state index is 12.6. The fraction of sp³-hybridized carbons (Fsp3) is 0.286. The number of nitriles is 1. The highest BCUT2D eigenvalue weighted by Gasteiger charge is 2.29. The molecule has 0 aliphatic heterocycles. The van der Waals surface area contributed by atoms with Gasteiger partial charge in [0.25, 0.3) is 11.4 Å². The van der Waals surface area contributed by atoms with Crippen molar-refractivity contribution in [1.82, 2.24) is 24.9 Å². The lowest BCUT2D eigenvalue weighted by Crippen LogP contribution is -2.23. The second-order valence-electron chi connectivity index (χ2n) is 7.40. The van der Waals surface area contributed by atoms with E-state index in [-0.39, 0.29) is 17.5 Å². The maximum Gasteiger partial charge on any atom is 0.261 e. The zero-order valence-corrected chi connectivity index (χ0v) is 16.1. The standard InChI is InChI=1S/C21H19N7O2/c22-11-14-3-1-2-4-16(14)28-17-9-10-23-20(29)18(17)19(27-28)26-15-7-5-13(6-8-15)21-24-12-25-30-21/h5-10,12,14,16H,1-4H2,(H,23,29)(H,26,27)/t14-,16+/m1/s1. The number of nitrogens with zero attached hydrogens (tertiary/aromatic N) is 5. The van der Waals surface area contributed by atoms with Crippen LogP contribution >= 0.6 is 0 Å². The molecule has 1 saturated carbocycles. The Hall–Kier alpha value is -3.93. The summed E-state index contributed by atoms with van der Waals surface area (Å²) in [4.78, 5) is 19.4. The molecule has 0 radical (unpaired) electrons. The van der Waals surface area contributed by atoms with Gasteiger partial charge >= 0.3 is 0 Å². The Bertz CT molecular complexity index is 1270. The van der Waals surface area contributed by atoms with Gasteiger partial charge in [-0.3, -0.25) is 9.48 Å². The topological polar surface area (TPSA) is 125 Å². The molecular formula is C21H19N7O2. The van der Waals surface area contributed by atoms with E-state index < -0.39 is 0 Å². The van der Waals surface area contributed by atoms with Crippen LogP contribution in [0, 0.1) is 17.2 Å². The highest BCUT2D eigenvalue weighted by Crippen LogP contribution is 2.36. The first-order chi connectivity index (χ1) is 14.7. The first-order valence-electron chi connectivity index (χ1n) is 9.88. The Labute approximate surface area is 171 Å². The Morgan fingerprint density at radius 3 is 2.80 bits per heavy atom. The summed E-state index contributed by atoms with van der Waals surface area (Å²) in [6, 6.07) is 11.7. The molecule has 0 amide bonds. The van der Waals surface area contributed by atoms with Gasteiger partial charge in [0.2, 0.25) is 0 Å². The van der Waals surface area contributed by atoms with Crippen molar-refractivity contribution in [2.75, 3.05) is 5.32 Å². The van der Waals surface area contributed by atoms with Gasteiger partial charge in [-0.25, -0.2) is 0 Å². The minimum Gasteiger partial charge on any atom is -0.338 e. The third-order valence-corrected chi connectivity index (χ3v) is 5.60. The van der Waals surface area contributed by atoms with Crippen LogP contribution < -0.4 is 10.9 Å². The van der Waals surface area contributed by atoms with Crippen LogP contribution in [0.25, 0.3) is 22.4 Å². The minimum absolute atomic E-state index is 0.0384. The number of hydrogen-bond acceptors (Lipinski definition) is 7. The van der Waals surface area contributed by atoms with Gasteiger partial charge in [-0.05, 0) is 43.2 Å². The second-order valence-corrected chi connectivity index (χ2v) is 7.40. The predicted octanol–water partition coefficient (Wildman–Crippen LogP) is 3.77. The fourth-order valence-corrected chi connectivity index (χ4v) is 4.13. The number of H-pyrrole nitrogens is 1. The van der Waals surface area contributed by atoms with Crippen molar-refractivity contribution in [2.45, 2.75) is 31.7 Å². The number of aromatic nitrogens is 5. The average Bonchev–Trinajstić information content (AvgIpc) is 3.44. The van der Waals surface area contributed by atoms with Crippen LogP contribution in [-0.4, -0.2) is 24.9 Å². The monoisotopic (exact) mass is 401 g/mol. The van der Waals surface area contributed by atoms with Gasteiger partial charge < -0.3 is 14.8 Å². The Balaban J connectivity index is 1.53. The highest BCUT2D eigenvalue weighted by molar-refractivity contribution is 5.91. The lowest BCUT2D eigenvalue weighted by atomic mass is 9.85. The fourth-order valence-electron chi connectivity index (χ4n) is 4.13. The molecule has 3 aromatic heterocycles. The molecule has 3 heterocycles. The number of aromatic amines is 1. The molecule has 9 nitrogen and oxygen atoms in total. The molecule has 0 bridgehead atoms. The normalized spacial score (nSPS) is 18.9. The van der Waals surface area contributed by atoms with Crippen molar-refractivity contribution in [3.8, 4) is 17.5 Å². The minimum atomic E-state index is -0.215. The summed E-state index contributed by atoms with van der Waals surface area (Å²) in [5, 5.41) is 21.7. The second kappa shape index (κ2) is 7.48. The Morgan fingerprint density at radius 1 is 1.20 bits per heavy atom. The number of rotatable bonds is 4. The molecule has 0 spiro atoms. The third kappa shape index (κ3) is 3.12. The summed E-state index contributed by atoms with van der Waals surface area (Å²) in [5.41, 5.74) is 2.09. The molecule has 0 unspecified atom stereocenters. The molecule has 0 saturated heterocycles. The van der Waals surface area contributed by atoms with Crippen LogP contribution in [0.4, 0.5) is 11.5 Å².